The minimum atomic E-state index is -3.49. The Hall–Kier alpha value is -1.07. The summed E-state index contributed by atoms with van der Waals surface area (Å²) in [6.07, 6.45) is 4.44. The predicted molar refractivity (Wildman–Crippen MR) is 82.1 cm³/mol. The molecular weight excluding hydrogens is 272 g/mol. The second kappa shape index (κ2) is 5.37. The molecule has 2 rings (SSSR count). The highest BCUT2D eigenvalue weighted by molar-refractivity contribution is 7.89. The van der Waals surface area contributed by atoms with Gasteiger partial charge in [0.05, 0.1) is 4.90 Å². The van der Waals surface area contributed by atoms with Crippen LogP contribution in [0.25, 0.3) is 0 Å². The lowest BCUT2D eigenvalue weighted by atomic mass is 9.67. The number of aryl methyl sites for hydroxylation is 1. The van der Waals surface area contributed by atoms with Gasteiger partial charge in [-0.25, -0.2) is 13.1 Å². The van der Waals surface area contributed by atoms with Gasteiger partial charge in [0.1, 0.15) is 0 Å². The molecule has 0 radical (unpaired) electrons. The van der Waals surface area contributed by atoms with Gasteiger partial charge in [-0.15, -0.1) is 0 Å². The smallest absolute Gasteiger partial charge is 0.240 e. The van der Waals surface area contributed by atoms with Crippen LogP contribution in [-0.4, -0.2) is 15.0 Å². The summed E-state index contributed by atoms with van der Waals surface area (Å²) in [5.74, 6) is 0. The summed E-state index contributed by atoms with van der Waals surface area (Å²) < 4.78 is 27.8. The fourth-order valence-corrected chi connectivity index (χ4v) is 4.30. The van der Waals surface area contributed by atoms with Crippen molar-refractivity contribution in [2.45, 2.75) is 51.3 Å². The largest absolute Gasteiger partial charge is 0.399 e. The molecule has 1 aromatic rings. The molecule has 0 spiro atoms. The van der Waals surface area contributed by atoms with Crippen molar-refractivity contribution >= 4 is 15.7 Å². The van der Waals surface area contributed by atoms with Gasteiger partial charge in [-0.2, -0.15) is 0 Å². The molecule has 0 saturated heterocycles. The van der Waals surface area contributed by atoms with E-state index < -0.39 is 10.0 Å². The number of nitrogens with one attached hydrogen (secondary N) is 1. The quantitative estimate of drug-likeness (QED) is 0.821. The fourth-order valence-electron chi connectivity index (χ4n) is 2.79. The Labute approximate surface area is 121 Å². The summed E-state index contributed by atoms with van der Waals surface area (Å²) >= 11 is 0. The van der Waals surface area contributed by atoms with Crippen molar-refractivity contribution in [3.63, 3.8) is 0 Å². The number of benzene rings is 1. The van der Waals surface area contributed by atoms with Crippen LogP contribution in [-0.2, 0) is 10.0 Å². The van der Waals surface area contributed by atoms with E-state index in [0.29, 0.717) is 17.1 Å². The van der Waals surface area contributed by atoms with Crippen LogP contribution < -0.4 is 10.5 Å². The van der Waals surface area contributed by atoms with Crippen molar-refractivity contribution in [1.82, 2.24) is 4.72 Å². The van der Waals surface area contributed by atoms with E-state index in [-0.39, 0.29) is 5.41 Å². The molecule has 1 aliphatic carbocycles. The zero-order chi connectivity index (χ0) is 15.0. The minimum absolute atomic E-state index is 0.163. The number of hydrogen-bond acceptors (Lipinski definition) is 3. The lowest BCUT2D eigenvalue weighted by Crippen LogP contribution is -2.41. The number of rotatable bonds is 5. The molecular formula is C15H24N2O2S. The normalized spacial score (nSPS) is 17.8. The maximum absolute atomic E-state index is 12.5. The Kier molecular flexibility index (Phi) is 4.12. The van der Waals surface area contributed by atoms with Gasteiger partial charge >= 0.3 is 0 Å². The third kappa shape index (κ3) is 2.83. The van der Waals surface area contributed by atoms with Gasteiger partial charge in [0, 0.05) is 12.2 Å². The van der Waals surface area contributed by atoms with E-state index in [1.165, 1.54) is 6.42 Å². The summed E-state index contributed by atoms with van der Waals surface area (Å²) in [6.45, 7) is 6.36. The van der Waals surface area contributed by atoms with Crippen molar-refractivity contribution in [2.24, 2.45) is 5.41 Å². The van der Waals surface area contributed by atoms with Gasteiger partial charge in [-0.05, 0) is 61.8 Å². The summed E-state index contributed by atoms with van der Waals surface area (Å²) in [5.41, 5.74) is 8.10. The van der Waals surface area contributed by atoms with Gasteiger partial charge in [0.15, 0.2) is 0 Å². The summed E-state index contributed by atoms with van der Waals surface area (Å²) in [5, 5.41) is 0. The molecule has 0 bridgehead atoms. The van der Waals surface area contributed by atoms with E-state index in [4.69, 9.17) is 5.73 Å². The molecule has 3 N–H and O–H groups in total. The SMILES string of the molecule is CCC1(CNS(=O)(=O)c2cc(N)cc(C)c2C)CCC1. The first-order valence-corrected chi connectivity index (χ1v) is 8.64. The Bertz CT molecular complexity index is 599. The molecule has 0 aromatic heterocycles. The maximum atomic E-state index is 12.5. The number of sulfonamides is 1. The number of nitrogen functional groups attached to an aromatic ring is 1. The molecule has 20 heavy (non-hydrogen) atoms. The van der Waals surface area contributed by atoms with Gasteiger partial charge in [-0.3, -0.25) is 0 Å². The highest BCUT2D eigenvalue weighted by atomic mass is 32.2. The Morgan fingerprint density at radius 2 is 1.95 bits per heavy atom. The Morgan fingerprint density at radius 3 is 2.45 bits per heavy atom. The van der Waals surface area contributed by atoms with E-state index in [1.807, 2.05) is 13.8 Å². The van der Waals surface area contributed by atoms with E-state index in [1.54, 1.807) is 12.1 Å². The average molecular weight is 296 g/mol. The molecule has 0 unspecified atom stereocenters. The Balaban J connectivity index is 2.23. The summed E-state index contributed by atoms with van der Waals surface area (Å²) in [6, 6.07) is 3.35. The molecule has 5 heteroatoms. The van der Waals surface area contributed by atoms with Crippen molar-refractivity contribution in [2.75, 3.05) is 12.3 Å². The summed E-state index contributed by atoms with van der Waals surface area (Å²) in [4.78, 5) is 0.306. The first kappa shape index (κ1) is 15.3. The van der Waals surface area contributed by atoms with Crippen LogP contribution in [0, 0.1) is 19.3 Å². The van der Waals surface area contributed by atoms with Crippen LogP contribution in [0.1, 0.15) is 43.7 Å². The average Bonchev–Trinajstić information content (AvgIpc) is 2.32. The Morgan fingerprint density at radius 1 is 1.30 bits per heavy atom. The predicted octanol–water partition coefficient (Wildman–Crippen LogP) is 2.74. The first-order valence-electron chi connectivity index (χ1n) is 7.16. The van der Waals surface area contributed by atoms with E-state index in [2.05, 4.69) is 11.6 Å². The van der Waals surface area contributed by atoms with E-state index >= 15 is 0 Å². The second-order valence-corrected chi connectivity index (χ2v) is 7.73. The minimum Gasteiger partial charge on any atom is -0.399 e. The van der Waals surface area contributed by atoms with Crippen molar-refractivity contribution in [1.29, 1.82) is 0 Å². The third-order valence-electron chi connectivity index (χ3n) is 4.73. The molecule has 0 amide bonds. The zero-order valence-corrected chi connectivity index (χ0v) is 13.3. The molecule has 0 heterocycles. The van der Waals surface area contributed by atoms with Crippen LogP contribution >= 0.6 is 0 Å². The third-order valence-corrected chi connectivity index (χ3v) is 6.26. The molecule has 1 aliphatic rings. The van der Waals surface area contributed by atoms with Gasteiger partial charge in [0.25, 0.3) is 0 Å². The topological polar surface area (TPSA) is 72.2 Å². The summed E-state index contributed by atoms with van der Waals surface area (Å²) in [7, 11) is -3.49. The highest BCUT2D eigenvalue weighted by Gasteiger charge is 2.36. The molecule has 4 nitrogen and oxygen atoms in total. The zero-order valence-electron chi connectivity index (χ0n) is 12.5. The second-order valence-electron chi connectivity index (χ2n) is 5.99. The highest BCUT2D eigenvalue weighted by Crippen LogP contribution is 2.43. The molecule has 112 valence electrons. The van der Waals surface area contributed by atoms with Crippen LogP contribution in [0.4, 0.5) is 5.69 Å². The van der Waals surface area contributed by atoms with Crippen molar-refractivity contribution in [3.8, 4) is 0 Å². The number of anilines is 1. The lowest BCUT2D eigenvalue weighted by Gasteiger charge is -2.41. The van der Waals surface area contributed by atoms with E-state index in [0.717, 1.165) is 30.4 Å². The van der Waals surface area contributed by atoms with Crippen LogP contribution in [0.2, 0.25) is 0 Å². The molecule has 1 saturated carbocycles. The molecule has 0 aliphatic heterocycles. The molecule has 1 fully saturated rings. The number of hydrogen-bond donors (Lipinski definition) is 2. The fraction of sp³-hybridized carbons (Fsp3) is 0.600. The van der Waals surface area contributed by atoms with Crippen LogP contribution in [0.3, 0.4) is 0 Å². The number of nitrogens with two attached hydrogens (primary N) is 1. The first-order chi connectivity index (χ1) is 9.30. The van der Waals surface area contributed by atoms with Crippen molar-refractivity contribution < 1.29 is 8.42 Å². The lowest BCUT2D eigenvalue weighted by molar-refractivity contribution is 0.133. The van der Waals surface area contributed by atoms with Crippen molar-refractivity contribution in [3.05, 3.63) is 23.3 Å². The maximum Gasteiger partial charge on any atom is 0.240 e. The van der Waals surface area contributed by atoms with Gasteiger partial charge in [-0.1, -0.05) is 13.3 Å². The molecule has 1 aromatic carbocycles. The van der Waals surface area contributed by atoms with Gasteiger partial charge < -0.3 is 5.73 Å². The van der Waals surface area contributed by atoms with Gasteiger partial charge in [0.2, 0.25) is 10.0 Å². The van der Waals surface area contributed by atoms with Crippen LogP contribution in [0.15, 0.2) is 17.0 Å². The monoisotopic (exact) mass is 296 g/mol. The van der Waals surface area contributed by atoms with Crippen LogP contribution in [0.5, 0.6) is 0 Å². The molecule has 0 atom stereocenters. The van der Waals surface area contributed by atoms with E-state index in [9.17, 15) is 8.42 Å². The standard InChI is InChI=1S/C15H24N2O2S/c1-4-15(6-5-7-15)10-17-20(18,19)14-9-13(16)8-11(2)12(14)3/h8-9,17H,4-7,10,16H2,1-3H3.